The van der Waals surface area contributed by atoms with Crippen molar-refractivity contribution in [2.24, 2.45) is 5.92 Å². The molecule has 0 saturated carbocycles. The first-order valence-corrected chi connectivity index (χ1v) is 7.65. The fourth-order valence-corrected chi connectivity index (χ4v) is 3.54. The van der Waals surface area contributed by atoms with Crippen molar-refractivity contribution in [2.45, 2.75) is 18.9 Å². The van der Waals surface area contributed by atoms with E-state index in [0.29, 0.717) is 12.0 Å². The van der Waals surface area contributed by atoms with Gasteiger partial charge in [-0.3, -0.25) is 4.90 Å². The molecule has 106 valence electrons. The van der Waals surface area contributed by atoms with E-state index in [1.54, 1.807) is 7.11 Å². The van der Waals surface area contributed by atoms with Gasteiger partial charge in [0.05, 0.1) is 7.11 Å². The van der Waals surface area contributed by atoms with E-state index < -0.39 is 0 Å². The van der Waals surface area contributed by atoms with Crippen LogP contribution < -0.4 is 10.1 Å². The van der Waals surface area contributed by atoms with Crippen LogP contribution in [-0.4, -0.2) is 39.2 Å². The fourth-order valence-electron chi connectivity index (χ4n) is 3.16. The molecule has 1 aliphatic rings. The Morgan fingerprint density at radius 1 is 1.47 bits per heavy atom. The molecule has 3 nitrogen and oxygen atoms in total. The molecule has 1 aromatic carbocycles. The van der Waals surface area contributed by atoms with Crippen molar-refractivity contribution >= 4 is 15.9 Å². The van der Waals surface area contributed by atoms with E-state index in [9.17, 15) is 0 Å². The van der Waals surface area contributed by atoms with Gasteiger partial charge in [-0.15, -0.1) is 0 Å². The zero-order valence-corrected chi connectivity index (χ0v) is 13.5. The lowest BCUT2D eigenvalue weighted by Gasteiger charge is -2.40. The maximum atomic E-state index is 5.56. The standard InChI is InChI=1S/C15H23BrN2O/c1-17-10-11-5-4-8-18(2)15(11)13-9-12(16)6-7-14(13)19-3/h6-7,9,11,15,17H,4-5,8,10H2,1-3H3. The van der Waals surface area contributed by atoms with Crippen LogP contribution in [0, 0.1) is 5.92 Å². The summed E-state index contributed by atoms with van der Waals surface area (Å²) >= 11 is 3.58. The number of methoxy groups -OCH3 is 1. The van der Waals surface area contributed by atoms with Gasteiger partial charge in [0.15, 0.2) is 0 Å². The molecule has 4 heteroatoms. The number of hydrogen-bond donors (Lipinski definition) is 1. The highest BCUT2D eigenvalue weighted by Gasteiger charge is 2.32. The fraction of sp³-hybridized carbons (Fsp3) is 0.600. The van der Waals surface area contributed by atoms with Gasteiger partial charge >= 0.3 is 0 Å². The molecular weight excluding hydrogens is 304 g/mol. The van der Waals surface area contributed by atoms with Crippen LogP contribution in [0.15, 0.2) is 22.7 Å². The van der Waals surface area contributed by atoms with E-state index in [-0.39, 0.29) is 0 Å². The average Bonchev–Trinajstić information content (AvgIpc) is 2.39. The molecule has 2 rings (SSSR count). The highest BCUT2D eigenvalue weighted by Crippen LogP contribution is 2.40. The van der Waals surface area contributed by atoms with Gasteiger partial charge in [-0.05, 0) is 64.1 Å². The van der Waals surface area contributed by atoms with Crippen LogP contribution in [0.1, 0.15) is 24.4 Å². The lowest BCUT2D eigenvalue weighted by Crippen LogP contribution is -2.40. The van der Waals surface area contributed by atoms with Crippen molar-refractivity contribution in [1.82, 2.24) is 10.2 Å². The Hall–Kier alpha value is -0.580. The van der Waals surface area contributed by atoms with E-state index in [1.807, 2.05) is 13.1 Å². The number of nitrogens with zero attached hydrogens (tertiary/aromatic N) is 1. The third-order valence-corrected chi connectivity index (χ3v) is 4.48. The van der Waals surface area contributed by atoms with Crippen LogP contribution in [0.2, 0.25) is 0 Å². The molecule has 0 aliphatic carbocycles. The maximum absolute atomic E-state index is 5.56. The SMILES string of the molecule is CNCC1CCCN(C)C1c1cc(Br)ccc1OC. The molecule has 1 fully saturated rings. The molecule has 19 heavy (non-hydrogen) atoms. The predicted molar refractivity (Wildman–Crippen MR) is 82.7 cm³/mol. The molecule has 1 N–H and O–H groups in total. The molecule has 0 aromatic heterocycles. The van der Waals surface area contributed by atoms with Crippen LogP contribution in [0.3, 0.4) is 0 Å². The van der Waals surface area contributed by atoms with Crippen molar-refractivity contribution in [3.05, 3.63) is 28.2 Å². The largest absolute Gasteiger partial charge is 0.496 e. The number of hydrogen-bond acceptors (Lipinski definition) is 3. The number of piperidine rings is 1. The van der Waals surface area contributed by atoms with Gasteiger partial charge in [-0.25, -0.2) is 0 Å². The second-order valence-electron chi connectivity index (χ2n) is 5.27. The molecule has 1 aliphatic heterocycles. The van der Waals surface area contributed by atoms with Crippen LogP contribution in [-0.2, 0) is 0 Å². The Kier molecular flexibility index (Phi) is 5.25. The van der Waals surface area contributed by atoms with E-state index in [2.05, 4.69) is 45.3 Å². The third-order valence-electron chi connectivity index (χ3n) is 3.98. The molecular formula is C15H23BrN2O. The minimum atomic E-state index is 0.425. The van der Waals surface area contributed by atoms with E-state index in [4.69, 9.17) is 4.74 Å². The molecule has 0 radical (unpaired) electrons. The van der Waals surface area contributed by atoms with Gasteiger partial charge in [0, 0.05) is 16.1 Å². The molecule has 1 heterocycles. The van der Waals surface area contributed by atoms with E-state index in [1.165, 1.54) is 18.4 Å². The summed E-state index contributed by atoms with van der Waals surface area (Å²) in [5.41, 5.74) is 1.29. The molecule has 0 bridgehead atoms. The van der Waals surface area contributed by atoms with Crippen LogP contribution >= 0.6 is 15.9 Å². The molecule has 2 unspecified atom stereocenters. The first-order chi connectivity index (χ1) is 9.17. The van der Waals surface area contributed by atoms with Crippen molar-refractivity contribution in [3.63, 3.8) is 0 Å². The van der Waals surface area contributed by atoms with Crippen molar-refractivity contribution in [3.8, 4) is 5.75 Å². The van der Waals surface area contributed by atoms with Crippen molar-refractivity contribution in [2.75, 3.05) is 34.3 Å². The highest BCUT2D eigenvalue weighted by atomic mass is 79.9. The molecule has 2 atom stereocenters. The summed E-state index contributed by atoms with van der Waals surface area (Å²) in [5, 5.41) is 3.33. The van der Waals surface area contributed by atoms with Gasteiger partial charge < -0.3 is 10.1 Å². The van der Waals surface area contributed by atoms with Crippen molar-refractivity contribution in [1.29, 1.82) is 0 Å². The smallest absolute Gasteiger partial charge is 0.123 e. The van der Waals surface area contributed by atoms with Crippen molar-refractivity contribution < 1.29 is 4.74 Å². The summed E-state index contributed by atoms with van der Waals surface area (Å²) in [4.78, 5) is 2.45. The summed E-state index contributed by atoms with van der Waals surface area (Å²) in [5.74, 6) is 1.62. The first kappa shape index (κ1) is 14.8. The van der Waals surface area contributed by atoms with E-state index >= 15 is 0 Å². The zero-order valence-electron chi connectivity index (χ0n) is 11.9. The van der Waals surface area contributed by atoms with Crippen LogP contribution in [0.5, 0.6) is 5.75 Å². The number of likely N-dealkylation sites (tertiary alicyclic amines) is 1. The Bertz CT molecular complexity index is 423. The monoisotopic (exact) mass is 326 g/mol. The Morgan fingerprint density at radius 3 is 2.95 bits per heavy atom. The minimum absolute atomic E-state index is 0.425. The maximum Gasteiger partial charge on any atom is 0.123 e. The van der Waals surface area contributed by atoms with Crippen LogP contribution in [0.25, 0.3) is 0 Å². The summed E-state index contributed by atoms with van der Waals surface area (Å²) in [6.07, 6.45) is 2.54. The lowest BCUT2D eigenvalue weighted by molar-refractivity contribution is 0.118. The topological polar surface area (TPSA) is 24.5 Å². The molecule has 0 amide bonds. The first-order valence-electron chi connectivity index (χ1n) is 6.85. The third kappa shape index (κ3) is 3.30. The lowest BCUT2D eigenvalue weighted by atomic mass is 9.84. The number of halogens is 1. The highest BCUT2D eigenvalue weighted by molar-refractivity contribution is 9.10. The normalized spacial score (nSPS) is 24.4. The summed E-state index contributed by atoms with van der Waals surface area (Å²) in [7, 11) is 6.00. The van der Waals surface area contributed by atoms with Gasteiger partial charge in [-0.2, -0.15) is 0 Å². The summed E-state index contributed by atoms with van der Waals surface area (Å²) < 4.78 is 6.68. The Morgan fingerprint density at radius 2 is 2.26 bits per heavy atom. The Balaban J connectivity index is 2.37. The summed E-state index contributed by atoms with van der Waals surface area (Å²) in [6, 6.07) is 6.72. The van der Waals surface area contributed by atoms with Crippen LogP contribution in [0.4, 0.5) is 0 Å². The molecule has 0 spiro atoms. The average molecular weight is 327 g/mol. The van der Waals surface area contributed by atoms with Gasteiger partial charge in [0.1, 0.15) is 5.75 Å². The summed E-state index contributed by atoms with van der Waals surface area (Å²) in [6.45, 7) is 2.20. The van der Waals surface area contributed by atoms with Gasteiger partial charge in [-0.1, -0.05) is 15.9 Å². The number of benzene rings is 1. The number of nitrogens with one attached hydrogen (secondary N) is 1. The predicted octanol–water partition coefficient (Wildman–Crippen LogP) is 3.06. The van der Waals surface area contributed by atoms with E-state index in [0.717, 1.165) is 23.3 Å². The number of rotatable bonds is 4. The Labute approximate surface area is 124 Å². The van der Waals surface area contributed by atoms with Gasteiger partial charge in [0.25, 0.3) is 0 Å². The number of ether oxygens (including phenoxy) is 1. The molecule has 1 saturated heterocycles. The quantitative estimate of drug-likeness (QED) is 0.920. The second-order valence-corrected chi connectivity index (χ2v) is 6.19. The minimum Gasteiger partial charge on any atom is -0.496 e. The van der Waals surface area contributed by atoms with Gasteiger partial charge in [0.2, 0.25) is 0 Å². The zero-order chi connectivity index (χ0) is 13.8. The molecule has 1 aromatic rings. The second kappa shape index (κ2) is 6.73.